The molecule has 25 heteroatoms. The molecular weight excluding hydrogens is 719 g/mol. The van der Waals surface area contributed by atoms with Gasteiger partial charge in [-0.05, 0) is 11.8 Å². The summed E-state index contributed by atoms with van der Waals surface area (Å²) in [6, 6.07) is -0.258. The molecule has 13 atom stereocenters. The summed E-state index contributed by atoms with van der Waals surface area (Å²) in [5, 5.41) is 21.5. The van der Waals surface area contributed by atoms with Crippen LogP contribution in [0.4, 0.5) is 4.39 Å². The summed E-state index contributed by atoms with van der Waals surface area (Å²) in [7, 11) is -5.54. The summed E-state index contributed by atoms with van der Waals surface area (Å²) in [5.74, 6) is -9.01. The first-order valence-corrected chi connectivity index (χ1v) is 17.9. The normalized spacial score (nSPS) is 35.7. The van der Waals surface area contributed by atoms with E-state index in [9.17, 15) is 48.5 Å². The first kappa shape index (κ1) is 38.3. The van der Waals surface area contributed by atoms with Gasteiger partial charge in [-0.2, -0.15) is 0 Å². The molecule has 2 aliphatic heterocycles. The highest BCUT2D eigenvalue weighted by atomic mass is 32.5. The Morgan fingerprint density at radius 2 is 1.83 bits per heavy atom. The molecule has 8 unspecified atom stereocenters. The first-order valence-electron chi connectivity index (χ1n) is 13.8. The van der Waals surface area contributed by atoms with Gasteiger partial charge in [0.15, 0.2) is 12.5 Å². The van der Waals surface area contributed by atoms with Crippen LogP contribution in [0.5, 0.6) is 0 Å². The second-order valence-corrected chi connectivity index (χ2v) is 15.2. The van der Waals surface area contributed by atoms with Gasteiger partial charge in [0.05, 0.1) is 18.6 Å². The van der Waals surface area contributed by atoms with Gasteiger partial charge in [-0.15, -0.1) is 0 Å². The Labute approximate surface area is 273 Å². The van der Waals surface area contributed by atoms with Crippen LogP contribution in [0.3, 0.4) is 0 Å². The number of fused-ring (bicyclic) bond motifs is 1. The van der Waals surface area contributed by atoms with Crippen molar-refractivity contribution >= 4 is 44.3 Å². The van der Waals surface area contributed by atoms with Crippen molar-refractivity contribution in [1.82, 2.24) is 9.55 Å². The molecule has 0 radical (unpaired) electrons. The molecule has 3 heterocycles. The van der Waals surface area contributed by atoms with E-state index in [1.807, 2.05) is 4.98 Å². The van der Waals surface area contributed by atoms with Crippen LogP contribution in [-0.4, -0.2) is 109 Å². The highest BCUT2D eigenvalue weighted by Gasteiger charge is 2.78. The summed E-state index contributed by atoms with van der Waals surface area (Å²) >= 11 is 4.76. The number of nitrogens with one attached hydrogen (secondary N) is 1. The first-order chi connectivity index (χ1) is 22.2. The Hall–Kier alpha value is -2.50. The summed E-state index contributed by atoms with van der Waals surface area (Å²) in [6.45, 7) is -3.72. The molecule has 1 saturated carbocycles. The number of hydrogen-bond acceptors (Lipinski definition) is 18. The summed E-state index contributed by atoms with van der Waals surface area (Å²) in [4.78, 5) is 81.4. The van der Waals surface area contributed by atoms with Gasteiger partial charge in [-0.25, -0.2) is 18.1 Å². The van der Waals surface area contributed by atoms with Crippen molar-refractivity contribution in [2.24, 2.45) is 17.6 Å². The number of esters is 3. The fraction of sp³-hybridized carbons (Fsp3) is 0.696. The molecule has 2 saturated heterocycles. The van der Waals surface area contributed by atoms with Crippen LogP contribution >= 0.6 is 14.5 Å². The molecule has 0 amide bonds. The predicted molar refractivity (Wildman–Crippen MR) is 153 cm³/mol. The Morgan fingerprint density at radius 1 is 1.17 bits per heavy atom. The van der Waals surface area contributed by atoms with Crippen molar-refractivity contribution in [2.45, 2.75) is 75.7 Å². The third kappa shape index (κ3) is 8.10. The molecule has 0 aromatic carbocycles. The maximum Gasteiger partial charge on any atom is 0.481 e. The number of aromatic amines is 1. The Balaban J connectivity index is 1.45. The Morgan fingerprint density at radius 3 is 2.42 bits per heavy atom. The molecule has 48 heavy (non-hydrogen) atoms. The molecule has 0 spiro atoms. The highest BCUT2D eigenvalue weighted by molar-refractivity contribution is 8.08. The molecule has 1 aromatic rings. The largest absolute Gasteiger partial charge is 0.481 e. The van der Waals surface area contributed by atoms with Crippen LogP contribution < -0.4 is 17.0 Å². The number of nitrogens with zero attached hydrogens (tertiary/aromatic N) is 1. The van der Waals surface area contributed by atoms with Gasteiger partial charge in [0.1, 0.15) is 43.1 Å². The minimum Gasteiger partial charge on any atom is -0.463 e. The van der Waals surface area contributed by atoms with Crippen molar-refractivity contribution in [3.05, 3.63) is 33.1 Å². The lowest BCUT2D eigenvalue weighted by atomic mass is 9.86. The number of H-pyrrole nitrogens is 1. The third-order valence-corrected chi connectivity index (χ3v) is 10.9. The van der Waals surface area contributed by atoms with Crippen molar-refractivity contribution in [2.75, 3.05) is 13.2 Å². The SMILES string of the molecule is CC(=O)OC[C@H](F)C1C(OC(C)=O)C(O)C2C(OP(=O)(O)OP(O)(=S)OC[C@H]3O[C@@H](n4ccc(=O)[nH]c4=O)[C@H](N)[C@@H]3O)OC21OC(C)=O. The fourth-order valence-electron chi connectivity index (χ4n) is 5.62. The van der Waals surface area contributed by atoms with Gasteiger partial charge < -0.3 is 53.9 Å². The van der Waals surface area contributed by atoms with Crippen molar-refractivity contribution in [1.29, 1.82) is 0 Å². The van der Waals surface area contributed by atoms with E-state index in [0.717, 1.165) is 37.6 Å². The van der Waals surface area contributed by atoms with E-state index < -0.39 is 124 Å². The number of halogens is 1. The van der Waals surface area contributed by atoms with Crippen LogP contribution in [0.1, 0.15) is 27.0 Å². The number of aliphatic hydroxyl groups excluding tert-OH is 2. The highest BCUT2D eigenvalue weighted by Crippen LogP contribution is 2.66. The van der Waals surface area contributed by atoms with Gasteiger partial charge in [0.2, 0.25) is 5.79 Å². The van der Waals surface area contributed by atoms with Crippen LogP contribution in [0.25, 0.3) is 0 Å². The minimum absolute atomic E-state index is 0.710. The topological polar surface area (TPSA) is 304 Å². The second-order valence-electron chi connectivity index (χ2n) is 10.8. The van der Waals surface area contributed by atoms with Crippen molar-refractivity contribution in [3.8, 4) is 0 Å². The molecule has 3 fully saturated rings. The number of nitrogens with two attached hydrogens (primary N) is 1. The zero-order valence-electron chi connectivity index (χ0n) is 25.1. The van der Waals surface area contributed by atoms with Crippen LogP contribution in [-0.2, 0) is 67.8 Å². The molecular formula is C23H32FN3O18P2S. The minimum atomic E-state index is -5.54. The van der Waals surface area contributed by atoms with Gasteiger partial charge in [0.25, 0.3) is 5.56 Å². The van der Waals surface area contributed by atoms with Crippen LogP contribution in [0.2, 0.25) is 0 Å². The Bertz CT molecular complexity index is 1630. The third-order valence-electron chi connectivity index (χ3n) is 7.41. The summed E-state index contributed by atoms with van der Waals surface area (Å²) in [5.41, 5.74) is 4.30. The number of carbonyl (C=O) groups excluding carboxylic acids is 3. The van der Waals surface area contributed by atoms with E-state index in [1.165, 1.54) is 0 Å². The molecule has 21 nitrogen and oxygen atoms in total. The van der Waals surface area contributed by atoms with Crippen molar-refractivity contribution < 1.29 is 80.4 Å². The van der Waals surface area contributed by atoms with Gasteiger partial charge in [-0.3, -0.25) is 33.3 Å². The van der Waals surface area contributed by atoms with Crippen LogP contribution in [0.15, 0.2) is 21.9 Å². The van der Waals surface area contributed by atoms with E-state index in [-0.39, 0.29) is 0 Å². The number of aromatic nitrogens is 2. The van der Waals surface area contributed by atoms with Crippen molar-refractivity contribution in [3.63, 3.8) is 0 Å². The average Bonchev–Trinajstić information content (AvgIpc) is 3.30. The standard InChI is InChI=1S/C23H32FN3O18P2S/c1-8(28)38-6-11(24)14-19(40-9(2)29)18(33)15-21(43-23(14,15)42-10(3)30)44-46(35,36)45-47(37,48)39-7-12-17(32)16(25)20(41-12)27-5-4-13(31)26-22(27)34/h4-5,11-12,14-21,32-33H,6-7,25H2,1-3H3,(H,35,36)(H,37,48)(H,26,31,34)/t11-,12+,14?,15?,16+,17+,18?,19?,20+,21?,23?,47?/m0/s1. The van der Waals surface area contributed by atoms with Gasteiger partial charge in [-0.1, -0.05) is 0 Å². The molecule has 4 rings (SSSR count). The van der Waals surface area contributed by atoms with Gasteiger partial charge in [0, 0.05) is 33.0 Å². The lowest BCUT2D eigenvalue weighted by Gasteiger charge is -2.51. The number of hydrogen-bond donors (Lipinski definition) is 6. The van der Waals surface area contributed by atoms with E-state index in [0.29, 0.717) is 0 Å². The summed E-state index contributed by atoms with van der Waals surface area (Å²) in [6.07, 6.45) is -11.3. The molecule has 1 aromatic heterocycles. The zero-order chi connectivity index (χ0) is 35.9. The van der Waals surface area contributed by atoms with E-state index >= 15 is 4.39 Å². The number of carbonyl (C=O) groups is 3. The van der Waals surface area contributed by atoms with Gasteiger partial charge >= 0.3 is 38.1 Å². The maximum atomic E-state index is 15.5. The molecule has 3 aliphatic rings. The lowest BCUT2D eigenvalue weighted by molar-refractivity contribution is -0.425. The molecule has 1 aliphatic carbocycles. The monoisotopic (exact) mass is 751 g/mol. The maximum absolute atomic E-state index is 15.5. The molecule has 7 N–H and O–H groups in total. The Kier molecular flexibility index (Phi) is 11.5. The van der Waals surface area contributed by atoms with E-state index in [1.54, 1.807) is 0 Å². The molecule has 270 valence electrons. The number of alkyl halides is 1. The predicted octanol–water partition coefficient (Wildman–Crippen LogP) is -2.46. The molecule has 0 bridgehead atoms. The number of aliphatic hydroxyl groups is 2. The zero-order valence-corrected chi connectivity index (χ0v) is 27.7. The number of ether oxygens (including phenoxy) is 5. The smallest absolute Gasteiger partial charge is 0.463 e. The average molecular weight is 752 g/mol. The fourth-order valence-corrected chi connectivity index (χ4v) is 8.72. The quantitative estimate of drug-likeness (QED) is 0.0692. The lowest BCUT2D eigenvalue weighted by Crippen LogP contribution is -2.66. The van der Waals surface area contributed by atoms with Crippen LogP contribution in [0, 0.1) is 11.8 Å². The number of rotatable bonds is 13. The summed E-state index contributed by atoms with van der Waals surface area (Å²) < 4.78 is 69.6. The van der Waals surface area contributed by atoms with E-state index in [2.05, 4.69) is 9.05 Å². The number of phosphoric ester groups is 1. The van der Waals surface area contributed by atoms with E-state index in [4.69, 9.17) is 45.5 Å². The second kappa shape index (κ2) is 14.4. The number of phosphoric acid groups is 1.